The van der Waals surface area contributed by atoms with Crippen molar-refractivity contribution in [3.05, 3.63) is 29.3 Å². The van der Waals surface area contributed by atoms with E-state index < -0.39 is 0 Å². The van der Waals surface area contributed by atoms with Crippen molar-refractivity contribution < 1.29 is 9.53 Å². The van der Waals surface area contributed by atoms with Crippen LogP contribution in [0.2, 0.25) is 0 Å². The van der Waals surface area contributed by atoms with Crippen LogP contribution in [0.3, 0.4) is 0 Å². The first-order valence-corrected chi connectivity index (χ1v) is 4.05. The third-order valence-electron chi connectivity index (χ3n) is 2.05. The first-order chi connectivity index (χ1) is 6.31. The van der Waals surface area contributed by atoms with E-state index in [2.05, 4.69) is 9.73 Å². The predicted octanol–water partition coefficient (Wildman–Crippen LogP) is 1.73. The summed E-state index contributed by atoms with van der Waals surface area (Å²) < 4.78 is 4.61. The molecule has 0 radical (unpaired) electrons. The van der Waals surface area contributed by atoms with Gasteiger partial charge in [-0.1, -0.05) is 6.07 Å². The minimum absolute atomic E-state index is 0.315. The summed E-state index contributed by atoms with van der Waals surface area (Å²) in [4.78, 5) is 15.3. The van der Waals surface area contributed by atoms with Gasteiger partial charge in [-0.05, 0) is 17.7 Å². The zero-order valence-corrected chi connectivity index (χ0v) is 7.28. The van der Waals surface area contributed by atoms with Crippen LogP contribution in [0, 0.1) is 0 Å². The molecule has 1 heterocycles. The molecule has 3 heteroatoms. The van der Waals surface area contributed by atoms with Crippen molar-refractivity contribution in [1.29, 1.82) is 0 Å². The van der Waals surface area contributed by atoms with E-state index in [1.54, 1.807) is 12.1 Å². The Morgan fingerprint density at radius 3 is 3.15 bits per heavy atom. The van der Waals surface area contributed by atoms with Crippen LogP contribution in [0.5, 0.6) is 0 Å². The second kappa shape index (κ2) is 3.01. The molecule has 1 aromatic rings. The topological polar surface area (TPSA) is 38.7 Å². The van der Waals surface area contributed by atoms with Crippen molar-refractivity contribution in [2.45, 2.75) is 6.42 Å². The zero-order valence-electron chi connectivity index (χ0n) is 7.28. The van der Waals surface area contributed by atoms with Gasteiger partial charge in [0.05, 0.1) is 18.4 Å². The summed E-state index contributed by atoms with van der Waals surface area (Å²) in [5, 5.41) is 0. The normalized spacial score (nSPS) is 12.7. The lowest BCUT2D eigenvalue weighted by Gasteiger charge is -2.01. The first kappa shape index (κ1) is 7.98. The van der Waals surface area contributed by atoms with Gasteiger partial charge in [0.25, 0.3) is 0 Å². The lowest BCUT2D eigenvalue weighted by molar-refractivity contribution is 0.0601. The maximum Gasteiger partial charge on any atom is 0.337 e. The van der Waals surface area contributed by atoms with Crippen molar-refractivity contribution in [3.8, 4) is 0 Å². The number of carbonyl (C=O) groups excluding carboxylic acids is 1. The van der Waals surface area contributed by atoms with Gasteiger partial charge in [-0.2, -0.15) is 0 Å². The molecule has 0 saturated heterocycles. The van der Waals surface area contributed by atoms with E-state index in [1.165, 1.54) is 7.11 Å². The summed E-state index contributed by atoms with van der Waals surface area (Å²) in [6, 6.07) is 5.43. The maximum absolute atomic E-state index is 11.1. The maximum atomic E-state index is 11.1. The standard InChI is InChI=1S/C10H9NO2/c1-13-10(12)8-3-2-7-4-5-11-9(7)6-8/h2-3,5-6H,4H2,1H3. The lowest BCUT2D eigenvalue weighted by atomic mass is 10.1. The van der Waals surface area contributed by atoms with Gasteiger partial charge in [0, 0.05) is 12.6 Å². The van der Waals surface area contributed by atoms with Crippen molar-refractivity contribution in [1.82, 2.24) is 0 Å². The molecule has 1 aromatic carbocycles. The van der Waals surface area contributed by atoms with Gasteiger partial charge in [0.2, 0.25) is 0 Å². The van der Waals surface area contributed by atoms with Crippen molar-refractivity contribution in [3.63, 3.8) is 0 Å². The molecule has 0 aliphatic carbocycles. The summed E-state index contributed by atoms with van der Waals surface area (Å²) >= 11 is 0. The number of benzene rings is 1. The van der Waals surface area contributed by atoms with E-state index >= 15 is 0 Å². The summed E-state index contributed by atoms with van der Waals surface area (Å²) in [5.41, 5.74) is 2.59. The Kier molecular flexibility index (Phi) is 1.85. The van der Waals surface area contributed by atoms with Crippen LogP contribution in [-0.4, -0.2) is 19.3 Å². The highest BCUT2D eigenvalue weighted by Gasteiger charge is 2.10. The van der Waals surface area contributed by atoms with Gasteiger partial charge >= 0.3 is 5.97 Å². The second-order valence-electron chi connectivity index (χ2n) is 2.85. The Balaban J connectivity index is 2.40. The highest BCUT2D eigenvalue weighted by Crippen LogP contribution is 2.25. The smallest absolute Gasteiger partial charge is 0.337 e. The molecule has 3 nitrogen and oxygen atoms in total. The van der Waals surface area contributed by atoms with Gasteiger partial charge in [-0.3, -0.25) is 4.99 Å². The van der Waals surface area contributed by atoms with Crippen molar-refractivity contribution in [2.75, 3.05) is 7.11 Å². The molecule has 0 N–H and O–H groups in total. The van der Waals surface area contributed by atoms with Crippen LogP contribution < -0.4 is 0 Å². The Morgan fingerprint density at radius 1 is 1.54 bits per heavy atom. The third-order valence-corrected chi connectivity index (χ3v) is 2.05. The highest BCUT2D eigenvalue weighted by molar-refractivity contribution is 5.91. The molecule has 0 unspecified atom stereocenters. The van der Waals surface area contributed by atoms with Crippen LogP contribution in [-0.2, 0) is 11.2 Å². The summed E-state index contributed by atoms with van der Waals surface area (Å²) in [7, 11) is 1.37. The van der Waals surface area contributed by atoms with E-state index in [1.807, 2.05) is 12.3 Å². The van der Waals surface area contributed by atoms with E-state index in [4.69, 9.17) is 0 Å². The average molecular weight is 175 g/mol. The molecule has 0 bridgehead atoms. The molecule has 2 rings (SSSR count). The number of methoxy groups -OCH3 is 1. The molecule has 0 saturated carbocycles. The number of rotatable bonds is 1. The predicted molar refractivity (Wildman–Crippen MR) is 49.6 cm³/mol. The van der Waals surface area contributed by atoms with Crippen LogP contribution >= 0.6 is 0 Å². The Hall–Kier alpha value is -1.64. The molecule has 0 fully saturated rings. The minimum atomic E-state index is -0.315. The molecule has 66 valence electrons. The number of esters is 1. The lowest BCUT2D eigenvalue weighted by Crippen LogP contribution is -2.00. The number of ether oxygens (including phenoxy) is 1. The first-order valence-electron chi connectivity index (χ1n) is 4.05. The van der Waals surface area contributed by atoms with Gasteiger partial charge in [0.15, 0.2) is 0 Å². The fraction of sp³-hybridized carbons (Fsp3) is 0.200. The number of hydrogen-bond acceptors (Lipinski definition) is 3. The molecular formula is C10H9NO2. The molecular weight excluding hydrogens is 166 g/mol. The second-order valence-corrected chi connectivity index (χ2v) is 2.85. The van der Waals surface area contributed by atoms with Crippen LogP contribution in [0.15, 0.2) is 23.2 Å². The Morgan fingerprint density at radius 2 is 2.38 bits per heavy atom. The van der Waals surface area contributed by atoms with Crippen LogP contribution in [0.1, 0.15) is 15.9 Å². The molecule has 0 amide bonds. The van der Waals surface area contributed by atoms with E-state index in [0.717, 1.165) is 17.7 Å². The van der Waals surface area contributed by atoms with Crippen molar-refractivity contribution in [2.24, 2.45) is 4.99 Å². The van der Waals surface area contributed by atoms with E-state index in [-0.39, 0.29) is 5.97 Å². The Bertz CT molecular complexity index is 383. The highest BCUT2D eigenvalue weighted by atomic mass is 16.5. The fourth-order valence-corrected chi connectivity index (χ4v) is 1.34. The monoisotopic (exact) mass is 175 g/mol. The largest absolute Gasteiger partial charge is 0.465 e. The van der Waals surface area contributed by atoms with Gasteiger partial charge in [-0.25, -0.2) is 4.79 Å². The van der Waals surface area contributed by atoms with Crippen molar-refractivity contribution >= 4 is 17.9 Å². The quantitative estimate of drug-likeness (QED) is 0.610. The Labute approximate surface area is 76.1 Å². The van der Waals surface area contributed by atoms with E-state index in [9.17, 15) is 4.79 Å². The van der Waals surface area contributed by atoms with Gasteiger partial charge in [0.1, 0.15) is 0 Å². The number of aliphatic imine (C=N–C) groups is 1. The molecule has 1 aliphatic heterocycles. The zero-order chi connectivity index (χ0) is 9.26. The summed E-state index contributed by atoms with van der Waals surface area (Å²) in [6.45, 7) is 0. The third kappa shape index (κ3) is 1.33. The number of nitrogens with zero attached hydrogens (tertiary/aromatic N) is 1. The molecule has 13 heavy (non-hydrogen) atoms. The minimum Gasteiger partial charge on any atom is -0.465 e. The summed E-state index contributed by atoms with van der Waals surface area (Å²) in [6.07, 6.45) is 2.70. The SMILES string of the molecule is COC(=O)c1ccc2c(c1)N=CC2. The van der Waals surface area contributed by atoms with Crippen LogP contribution in [0.4, 0.5) is 5.69 Å². The van der Waals surface area contributed by atoms with Gasteiger partial charge in [-0.15, -0.1) is 0 Å². The molecule has 0 atom stereocenters. The average Bonchev–Trinajstić information content (AvgIpc) is 2.63. The van der Waals surface area contributed by atoms with Gasteiger partial charge < -0.3 is 4.74 Å². The number of carbonyl (C=O) groups is 1. The number of hydrogen-bond donors (Lipinski definition) is 0. The molecule has 0 spiro atoms. The van der Waals surface area contributed by atoms with Crippen LogP contribution in [0.25, 0.3) is 0 Å². The van der Waals surface area contributed by atoms with E-state index in [0.29, 0.717) is 5.56 Å². The number of fused-ring (bicyclic) bond motifs is 1. The summed E-state index contributed by atoms with van der Waals surface area (Å²) in [5.74, 6) is -0.315. The fourth-order valence-electron chi connectivity index (χ4n) is 1.34. The molecule has 0 aromatic heterocycles. The molecule has 1 aliphatic rings.